The van der Waals surface area contributed by atoms with Gasteiger partial charge in [0, 0.05) is 11.9 Å². The number of fused-ring (bicyclic) bond motifs is 1. The predicted octanol–water partition coefficient (Wildman–Crippen LogP) is 2.93. The molecule has 0 saturated heterocycles. The van der Waals surface area contributed by atoms with Gasteiger partial charge in [0.05, 0.1) is 15.1 Å². The first kappa shape index (κ1) is 21.4. The van der Waals surface area contributed by atoms with Gasteiger partial charge in [-0.15, -0.1) is 11.3 Å². The minimum Gasteiger partial charge on any atom is -0.294 e. The molecule has 3 rings (SSSR count). The molecule has 30 heavy (non-hydrogen) atoms. The molecule has 0 aliphatic heterocycles. The number of hydrazine groups is 1. The van der Waals surface area contributed by atoms with E-state index in [-0.39, 0.29) is 17.0 Å². The first-order valence-corrected chi connectivity index (χ1v) is 10.4. The first-order valence-electron chi connectivity index (χ1n) is 9.63. The van der Waals surface area contributed by atoms with Crippen LogP contribution in [-0.4, -0.2) is 27.4 Å². The zero-order valence-electron chi connectivity index (χ0n) is 16.7. The lowest BCUT2D eigenvalue weighted by Crippen LogP contribution is -2.42. The maximum atomic E-state index is 12.7. The summed E-state index contributed by atoms with van der Waals surface area (Å²) in [5.41, 5.74) is 4.48. The van der Waals surface area contributed by atoms with Crippen LogP contribution in [0.5, 0.6) is 0 Å². The molecule has 0 atom stereocenters. The molecule has 0 aliphatic carbocycles. The Morgan fingerprint density at radius 1 is 0.967 bits per heavy atom. The van der Waals surface area contributed by atoms with Gasteiger partial charge in [-0.25, -0.2) is 4.68 Å². The summed E-state index contributed by atoms with van der Waals surface area (Å²) in [6, 6.07) is 9.83. The van der Waals surface area contributed by atoms with E-state index in [9.17, 15) is 19.2 Å². The van der Waals surface area contributed by atoms with Crippen LogP contribution < -0.4 is 16.4 Å². The molecule has 8 nitrogen and oxygen atoms in total. The third kappa shape index (κ3) is 4.62. The molecule has 0 bridgehead atoms. The normalized spacial score (nSPS) is 10.7. The number of Topliss-reactive ketones (excluding diaryl/α,β-unsaturated/α-hetero) is 1. The van der Waals surface area contributed by atoms with Crippen molar-refractivity contribution in [1.29, 1.82) is 0 Å². The molecule has 9 heteroatoms. The lowest BCUT2D eigenvalue weighted by molar-refractivity contribution is 0.0845. The number of carbonyl (C=O) groups excluding carboxylic acids is 3. The number of amides is 2. The fourth-order valence-electron chi connectivity index (χ4n) is 2.95. The highest BCUT2D eigenvalue weighted by atomic mass is 32.1. The maximum Gasteiger partial charge on any atom is 0.290 e. The number of rotatable bonds is 7. The summed E-state index contributed by atoms with van der Waals surface area (Å²) in [7, 11) is 0. The van der Waals surface area contributed by atoms with Crippen molar-refractivity contribution in [2.75, 3.05) is 0 Å². The molecule has 2 N–H and O–H groups in total. The Labute approximate surface area is 176 Å². The SMILES string of the molecule is CCCCCn1nc(C(=O)NNC(=O)c2ccc(C(C)=O)s2)c2ccccc2c1=O. The largest absolute Gasteiger partial charge is 0.294 e. The quantitative estimate of drug-likeness (QED) is 0.343. The van der Waals surface area contributed by atoms with Gasteiger partial charge in [-0.1, -0.05) is 38.0 Å². The van der Waals surface area contributed by atoms with Crippen LogP contribution in [0.3, 0.4) is 0 Å². The summed E-state index contributed by atoms with van der Waals surface area (Å²) in [6.45, 7) is 3.89. The van der Waals surface area contributed by atoms with Gasteiger partial charge in [-0.05, 0) is 31.5 Å². The summed E-state index contributed by atoms with van der Waals surface area (Å²) in [4.78, 5) is 49.8. The monoisotopic (exact) mass is 426 g/mol. The molecule has 156 valence electrons. The van der Waals surface area contributed by atoms with E-state index < -0.39 is 11.8 Å². The number of nitrogens with one attached hydrogen (secondary N) is 2. The Balaban J connectivity index is 1.82. The van der Waals surface area contributed by atoms with E-state index in [1.54, 1.807) is 30.3 Å². The van der Waals surface area contributed by atoms with Gasteiger partial charge in [0.25, 0.3) is 17.4 Å². The van der Waals surface area contributed by atoms with E-state index in [2.05, 4.69) is 22.9 Å². The average molecular weight is 426 g/mol. The van der Waals surface area contributed by atoms with Gasteiger partial charge < -0.3 is 0 Å². The highest BCUT2D eigenvalue weighted by Crippen LogP contribution is 2.17. The van der Waals surface area contributed by atoms with Gasteiger partial charge >= 0.3 is 0 Å². The van der Waals surface area contributed by atoms with E-state index in [0.717, 1.165) is 30.6 Å². The fourth-order valence-corrected chi connectivity index (χ4v) is 3.75. The molecule has 0 saturated carbocycles. The van der Waals surface area contributed by atoms with Gasteiger partial charge in [-0.3, -0.25) is 30.0 Å². The molecule has 2 aromatic heterocycles. The molecule has 1 aromatic carbocycles. The fraction of sp³-hybridized carbons (Fsp3) is 0.286. The van der Waals surface area contributed by atoms with Crippen molar-refractivity contribution in [2.24, 2.45) is 0 Å². The molecule has 3 aromatic rings. The maximum absolute atomic E-state index is 12.7. The van der Waals surface area contributed by atoms with Crippen molar-refractivity contribution in [3.8, 4) is 0 Å². The van der Waals surface area contributed by atoms with E-state index in [0.29, 0.717) is 27.1 Å². The number of aryl methyl sites for hydroxylation is 1. The van der Waals surface area contributed by atoms with Crippen molar-refractivity contribution in [3.63, 3.8) is 0 Å². The number of aromatic nitrogens is 2. The average Bonchev–Trinajstić information content (AvgIpc) is 3.24. The third-order valence-electron chi connectivity index (χ3n) is 4.52. The number of hydrogen-bond acceptors (Lipinski definition) is 6. The number of carbonyl (C=O) groups is 3. The summed E-state index contributed by atoms with van der Waals surface area (Å²) >= 11 is 1.04. The smallest absolute Gasteiger partial charge is 0.290 e. The number of hydrogen-bond donors (Lipinski definition) is 2. The second-order valence-corrected chi connectivity index (χ2v) is 7.84. The molecule has 0 fully saturated rings. The van der Waals surface area contributed by atoms with Crippen LogP contribution in [0.15, 0.2) is 41.2 Å². The highest BCUT2D eigenvalue weighted by Gasteiger charge is 2.18. The molecular weight excluding hydrogens is 404 g/mol. The van der Waals surface area contributed by atoms with E-state index >= 15 is 0 Å². The van der Waals surface area contributed by atoms with Crippen LogP contribution in [0.2, 0.25) is 0 Å². The molecule has 0 spiro atoms. The van der Waals surface area contributed by atoms with Crippen molar-refractivity contribution >= 4 is 39.7 Å². The standard InChI is InChI=1S/C21H22N4O4S/c1-3-4-7-12-25-21(29)15-9-6-5-8-14(15)18(24-25)20(28)23-22-19(27)17-11-10-16(30-17)13(2)26/h5-6,8-11H,3-4,7,12H2,1-2H3,(H,22,27)(H,23,28). The minimum absolute atomic E-state index is 0.0533. The Morgan fingerprint density at radius 3 is 2.30 bits per heavy atom. The van der Waals surface area contributed by atoms with Gasteiger partial charge in [0.2, 0.25) is 0 Å². The van der Waals surface area contributed by atoms with Crippen LogP contribution in [-0.2, 0) is 6.54 Å². The van der Waals surface area contributed by atoms with E-state index in [1.165, 1.54) is 17.7 Å². The zero-order chi connectivity index (χ0) is 21.7. The van der Waals surface area contributed by atoms with Crippen LogP contribution >= 0.6 is 11.3 Å². The first-order chi connectivity index (χ1) is 14.4. The number of unbranched alkanes of at least 4 members (excludes halogenated alkanes) is 2. The zero-order valence-corrected chi connectivity index (χ0v) is 17.5. The lowest BCUT2D eigenvalue weighted by atomic mass is 10.1. The lowest BCUT2D eigenvalue weighted by Gasteiger charge is -2.11. The minimum atomic E-state index is -0.632. The van der Waals surface area contributed by atoms with E-state index in [1.807, 2.05) is 0 Å². The summed E-state index contributed by atoms with van der Waals surface area (Å²) < 4.78 is 1.30. The van der Waals surface area contributed by atoms with Crippen molar-refractivity contribution in [3.05, 3.63) is 62.2 Å². The van der Waals surface area contributed by atoms with Crippen molar-refractivity contribution in [2.45, 2.75) is 39.7 Å². The molecule has 0 unspecified atom stereocenters. The Bertz CT molecular complexity index is 1170. The second kappa shape index (κ2) is 9.45. The van der Waals surface area contributed by atoms with E-state index in [4.69, 9.17) is 0 Å². The van der Waals surface area contributed by atoms with Crippen LogP contribution in [0.25, 0.3) is 10.8 Å². The van der Waals surface area contributed by atoms with Gasteiger partial charge in [-0.2, -0.15) is 5.10 Å². The molecule has 0 aliphatic rings. The van der Waals surface area contributed by atoms with Crippen molar-refractivity contribution < 1.29 is 14.4 Å². The summed E-state index contributed by atoms with van der Waals surface area (Å²) in [5.74, 6) is -1.31. The van der Waals surface area contributed by atoms with Crippen LogP contribution in [0.1, 0.15) is 62.9 Å². The number of benzene rings is 1. The topological polar surface area (TPSA) is 110 Å². The Kier molecular flexibility index (Phi) is 6.73. The molecule has 0 radical (unpaired) electrons. The summed E-state index contributed by atoms with van der Waals surface area (Å²) in [6.07, 6.45) is 2.72. The third-order valence-corrected chi connectivity index (χ3v) is 5.71. The second-order valence-electron chi connectivity index (χ2n) is 6.76. The van der Waals surface area contributed by atoms with Crippen molar-refractivity contribution in [1.82, 2.24) is 20.6 Å². The Hall–Kier alpha value is -3.33. The molecule has 2 amide bonds. The van der Waals surface area contributed by atoms with Crippen LogP contribution in [0, 0.1) is 0 Å². The highest BCUT2D eigenvalue weighted by molar-refractivity contribution is 7.15. The van der Waals surface area contributed by atoms with Crippen LogP contribution in [0.4, 0.5) is 0 Å². The molecule has 2 heterocycles. The number of ketones is 1. The number of nitrogens with zero attached hydrogens (tertiary/aromatic N) is 2. The Morgan fingerprint density at radius 2 is 1.63 bits per heavy atom. The predicted molar refractivity (Wildman–Crippen MR) is 115 cm³/mol. The molecular formula is C21H22N4O4S. The van der Waals surface area contributed by atoms with Gasteiger partial charge in [0.1, 0.15) is 0 Å². The summed E-state index contributed by atoms with van der Waals surface area (Å²) in [5, 5.41) is 5.06. The van der Waals surface area contributed by atoms with Gasteiger partial charge in [0.15, 0.2) is 11.5 Å². The number of thiophene rings is 1.